The fraction of sp³-hybridized carbons (Fsp3) is 0.235. The fourth-order valence-corrected chi connectivity index (χ4v) is 3.79. The summed E-state index contributed by atoms with van der Waals surface area (Å²) in [5, 5.41) is 3.10. The smallest absolute Gasteiger partial charge is 0.242 e. The molecule has 0 heterocycles. The van der Waals surface area contributed by atoms with Crippen LogP contribution in [0.15, 0.2) is 47.4 Å². The van der Waals surface area contributed by atoms with Crippen LogP contribution < -0.4 is 14.8 Å². The van der Waals surface area contributed by atoms with Crippen LogP contribution in [-0.2, 0) is 14.8 Å². The zero-order chi connectivity index (χ0) is 19.3. The standard InChI is InChI=1S/C17H18Cl2N2O4S/c1-3-25-16-9-8-12(10-14(16)19)26(23,24)21-11(2)17(22)20-15-7-5-4-6-13(15)18/h4-11,21H,3H2,1-2H3,(H,20,22)/t11-/m0/s1. The number of benzene rings is 2. The van der Waals surface area contributed by atoms with E-state index >= 15 is 0 Å². The predicted octanol–water partition coefficient (Wildman–Crippen LogP) is 3.70. The molecule has 1 atom stereocenters. The van der Waals surface area contributed by atoms with Crippen LogP contribution >= 0.6 is 23.2 Å². The Kier molecular flexibility index (Phi) is 6.88. The van der Waals surface area contributed by atoms with Crippen LogP contribution in [0.25, 0.3) is 0 Å². The van der Waals surface area contributed by atoms with E-state index in [0.29, 0.717) is 23.1 Å². The Morgan fingerprint density at radius 1 is 1.15 bits per heavy atom. The number of rotatable bonds is 7. The molecule has 0 fully saturated rings. The van der Waals surface area contributed by atoms with E-state index in [0.717, 1.165) is 0 Å². The third-order valence-electron chi connectivity index (χ3n) is 3.37. The third-order valence-corrected chi connectivity index (χ3v) is 5.53. The Morgan fingerprint density at radius 2 is 1.85 bits per heavy atom. The molecular formula is C17H18Cl2N2O4S. The molecule has 0 bridgehead atoms. The zero-order valence-electron chi connectivity index (χ0n) is 14.1. The number of halogens is 2. The number of ether oxygens (including phenoxy) is 1. The van der Waals surface area contributed by atoms with E-state index in [9.17, 15) is 13.2 Å². The quantitative estimate of drug-likeness (QED) is 0.720. The Balaban J connectivity index is 2.11. The lowest BCUT2D eigenvalue weighted by atomic mass is 10.3. The van der Waals surface area contributed by atoms with E-state index in [1.807, 2.05) is 0 Å². The molecule has 0 aliphatic carbocycles. The average molecular weight is 417 g/mol. The van der Waals surface area contributed by atoms with Crippen molar-refractivity contribution in [2.75, 3.05) is 11.9 Å². The van der Waals surface area contributed by atoms with Crippen molar-refractivity contribution in [3.63, 3.8) is 0 Å². The normalized spacial score (nSPS) is 12.5. The minimum Gasteiger partial charge on any atom is -0.492 e. The Hall–Kier alpha value is -1.80. The molecule has 0 aromatic heterocycles. The van der Waals surface area contributed by atoms with Gasteiger partial charge in [0.1, 0.15) is 5.75 Å². The molecule has 1 amide bonds. The second kappa shape index (κ2) is 8.73. The van der Waals surface area contributed by atoms with Gasteiger partial charge in [-0.15, -0.1) is 0 Å². The van der Waals surface area contributed by atoms with E-state index in [2.05, 4.69) is 10.0 Å². The molecule has 0 saturated heterocycles. The number of anilines is 1. The largest absolute Gasteiger partial charge is 0.492 e. The van der Waals surface area contributed by atoms with Crippen molar-refractivity contribution in [1.82, 2.24) is 4.72 Å². The first kappa shape index (κ1) is 20.5. The van der Waals surface area contributed by atoms with Crippen molar-refractivity contribution in [3.8, 4) is 5.75 Å². The molecule has 0 aliphatic heterocycles. The molecule has 0 unspecified atom stereocenters. The molecule has 2 aromatic carbocycles. The number of nitrogens with one attached hydrogen (secondary N) is 2. The molecule has 9 heteroatoms. The minimum atomic E-state index is -3.94. The van der Waals surface area contributed by atoms with E-state index < -0.39 is 22.0 Å². The van der Waals surface area contributed by atoms with Gasteiger partial charge in [0.2, 0.25) is 15.9 Å². The lowest BCUT2D eigenvalue weighted by Crippen LogP contribution is -2.41. The van der Waals surface area contributed by atoms with Crippen LogP contribution in [0.4, 0.5) is 5.69 Å². The van der Waals surface area contributed by atoms with Crippen LogP contribution in [0.5, 0.6) is 5.75 Å². The van der Waals surface area contributed by atoms with Crippen molar-refractivity contribution in [2.24, 2.45) is 0 Å². The Bertz CT molecular complexity index is 903. The van der Waals surface area contributed by atoms with Gasteiger partial charge in [0.05, 0.1) is 33.3 Å². The van der Waals surface area contributed by atoms with Crippen molar-refractivity contribution in [2.45, 2.75) is 24.8 Å². The number of amides is 1. The summed E-state index contributed by atoms with van der Waals surface area (Å²) in [6.45, 7) is 3.63. The summed E-state index contributed by atoms with van der Waals surface area (Å²) in [5.41, 5.74) is 0.398. The molecule has 0 aliphatic rings. The molecule has 26 heavy (non-hydrogen) atoms. The van der Waals surface area contributed by atoms with E-state index in [1.54, 1.807) is 31.2 Å². The fourth-order valence-electron chi connectivity index (χ4n) is 2.08. The molecule has 2 rings (SSSR count). The second-order valence-corrected chi connectivity index (χ2v) is 7.87. The van der Waals surface area contributed by atoms with E-state index in [-0.39, 0.29) is 9.92 Å². The van der Waals surface area contributed by atoms with Gasteiger partial charge in [-0.2, -0.15) is 4.72 Å². The van der Waals surface area contributed by atoms with E-state index in [4.69, 9.17) is 27.9 Å². The van der Waals surface area contributed by atoms with Gasteiger partial charge >= 0.3 is 0 Å². The van der Waals surface area contributed by atoms with Gasteiger partial charge < -0.3 is 10.1 Å². The molecule has 6 nitrogen and oxygen atoms in total. The van der Waals surface area contributed by atoms with Crippen LogP contribution in [0.1, 0.15) is 13.8 Å². The molecular weight excluding hydrogens is 399 g/mol. The highest BCUT2D eigenvalue weighted by Crippen LogP contribution is 2.27. The van der Waals surface area contributed by atoms with Gasteiger partial charge in [0.15, 0.2) is 0 Å². The summed E-state index contributed by atoms with van der Waals surface area (Å²) in [6.07, 6.45) is 0. The lowest BCUT2D eigenvalue weighted by Gasteiger charge is -2.15. The van der Waals surface area contributed by atoms with Crippen molar-refractivity contribution >= 4 is 44.8 Å². The van der Waals surface area contributed by atoms with Gasteiger partial charge in [-0.05, 0) is 44.2 Å². The monoisotopic (exact) mass is 416 g/mol. The van der Waals surface area contributed by atoms with Crippen LogP contribution in [-0.4, -0.2) is 27.0 Å². The molecule has 2 aromatic rings. The van der Waals surface area contributed by atoms with E-state index in [1.165, 1.54) is 25.1 Å². The van der Waals surface area contributed by atoms with Crippen LogP contribution in [0.2, 0.25) is 10.0 Å². The summed E-state index contributed by atoms with van der Waals surface area (Å²) in [4.78, 5) is 12.2. The van der Waals surface area contributed by atoms with Gasteiger partial charge in [-0.3, -0.25) is 4.79 Å². The summed E-state index contributed by atoms with van der Waals surface area (Å²) < 4.78 is 32.5. The molecule has 0 saturated carbocycles. The Labute approximate surface area is 162 Å². The topological polar surface area (TPSA) is 84.5 Å². The predicted molar refractivity (Wildman–Crippen MR) is 102 cm³/mol. The number of para-hydroxylation sites is 1. The summed E-state index contributed by atoms with van der Waals surface area (Å²) >= 11 is 12.0. The molecule has 140 valence electrons. The molecule has 2 N–H and O–H groups in total. The van der Waals surface area contributed by atoms with Crippen LogP contribution in [0.3, 0.4) is 0 Å². The maximum absolute atomic E-state index is 12.5. The van der Waals surface area contributed by atoms with Crippen LogP contribution in [0, 0.1) is 0 Å². The van der Waals surface area contributed by atoms with Crippen molar-refractivity contribution < 1.29 is 17.9 Å². The second-order valence-electron chi connectivity index (χ2n) is 5.34. The van der Waals surface area contributed by atoms with Gasteiger partial charge in [0.25, 0.3) is 0 Å². The van der Waals surface area contributed by atoms with Gasteiger partial charge in [0, 0.05) is 0 Å². The lowest BCUT2D eigenvalue weighted by molar-refractivity contribution is -0.117. The first-order chi connectivity index (χ1) is 12.2. The maximum atomic E-state index is 12.5. The minimum absolute atomic E-state index is 0.0663. The number of hydrogen-bond donors (Lipinski definition) is 2. The Morgan fingerprint density at radius 3 is 2.46 bits per heavy atom. The number of carbonyl (C=O) groups excluding carboxylic acids is 1. The first-order valence-corrected chi connectivity index (χ1v) is 9.98. The number of hydrogen-bond acceptors (Lipinski definition) is 4. The van der Waals surface area contributed by atoms with Crippen molar-refractivity contribution in [1.29, 1.82) is 0 Å². The summed E-state index contributed by atoms with van der Waals surface area (Å²) in [6, 6.07) is 9.74. The SMILES string of the molecule is CCOc1ccc(S(=O)(=O)N[C@@H](C)C(=O)Nc2ccccc2Cl)cc1Cl. The number of sulfonamides is 1. The van der Waals surface area contributed by atoms with Gasteiger partial charge in [-0.25, -0.2) is 8.42 Å². The summed E-state index contributed by atoms with van der Waals surface area (Å²) in [7, 11) is -3.94. The van der Waals surface area contributed by atoms with Gasteiger partial charge in [-0.1, -0.05) is 35.3 Å². The highest BCUT2D eigenvalue weighted by molar-refractivity contribution is 7.89. The maximum Gasteiger partial charge on any atom is 0.242 e. The number of carbonyl (C=O) groups is 1. The summed E-state index contributed by atoms with van der Waals surface area (Å²) in [5.74, 6) is -0.156. The zero-order valence-corrected chi connectivity index (χ0v) is 16.5. The third kappa shape index (κ3) is 5.11. The van der Waals surface area contributed by atoms with Crippen molar-refractivity contribution in [3.05, 3.63) is 52.5 Å². The molecule has 0 radical (unpaired) electrons. The first-order valence-electron chi connectivity index (χ1n) is 7.74. The molecule has 0 spiro atoms. The highest BCUT2D eigenvalue weighted by Gasteiger charge is 2.23. The average Bonchev–Trinajstić information content (AvgIpc) is 2.58. The highest BCUT2D eigenvalue weighted by atomic mass is 35.5.